The van der Waals surface area contributed by atoms with Gasteiger partial charge in [-0.1, -0.05) is 18.6 Å². The summed E-state index contributed by atoms with van der Waals surface area (Å²) >= 11 is 0. The van der Waals surface area contributed by atoms with Gasteiger partial charge >= 0.3 is 5.97 Å². The zero-order chi connectivity index (χ0) is 18.1. The van der Waals surface area contributed by atoms with Crippen LogP contribution in [0, 0.1) is 11.7 Å². The predicted octanol–water partition coefficient (Wildman–Crippen LogP) is 2.99. The second kappa shape index (κ2) is 6.70. The van der Waals surface area contributed by atoms with E-state index >= 15 is 0 Å². The van der Waals surface area contributed by atoms with Gasteiger partial charge in [0.1, 0.15) is 11.6 Å². The van der Waals surface area contributed by atoms with E-state index in [1.54, 1.807) is 30.3 Å². The maximum atomic E-state index is 14.1. The Hall–Kier alpha value is -3.03. The average molecular weight is 355 g/mol. The molecule has 2 N–H and O–H groups in total. The van der Waals surface area contributed by atoms with Crippen LogP contribution in [0.15, 0.2) is 36.4 Å². The van der Waals surface area contributed by atoms with Crippen molar-refractivity contribution in [2.24, 2.45) is 5.92 Å². The van der Waals surface area contributed by atoms with Crippen molar-refractivity contribution >= 4 is 17.4 Å². The summed E-state index contributed by atoms with van der Waals surface area (Å²) < 4.78 is 15.6. The molecular formula is C18H18FN5O2. The molecule has 0 amide bonds. The lowest BCUT2D eigenvalue weighted by atomic mass is 9.86. The van der Waals surface area contributed by atoms with Crippen LogP contribution in [0.2, 0.25) is 0 Å². The van der Waals surface area contributed by atoms with Crippen LogP contribution in [0.4, 0.5) is 10.2 Å². The van der Waals surface area contributed by atoms with Crippen LogP contribution in [0.5, 0.6) is 0 Å². The first kappa shape index (κ1) is 16.4. The molecule has 26 heavy (non-hydrogen) atoms. The highest BCUT2D eigenvalue weighted by molar-refractivity contribution is 5.70. The van der Waals surface area contributed by atoms with Crippen LogP contribution in [0.3, 0.4) is 0 Å². The number of halogens is 1. The summed E-state index contributed by atoms with van der Waals surface area (Å²) in [6.07, 6.45) is 3.04. The fraction of sp³-hybridized carbons (Fsp3) is 0.333. The number of hydrogen-bond donors (Lipinski definition) is 2. The van der Waals surface area contributed by atoms with Gasteiger partial charge in [-0.3, -0.25) is 4.79 Å². The summed E-state index contributed by atoms with van der Waals surface area (Å²) in [5, 5.41) is 25.1. The topological polar surface area (TPSA) is 92.4 Å². The van der Waals surface area contributed by atoms with E-state index in [-0.39, 0.29) is 12.0 Å². The number of hydrogen-bond acceptors (Lipinski definition) is 5. The highest BCUT2D eigenvalue weighted by Crippen LogP contribution is 2.27. The van der Waals surface area contributed by atoms with Crippen molar-refractivity contribution in [3.8, 4) is 11.4 Å². The van der Waals surface area contributed by atoms with Crippen molar-refractivity contribution in [2.45, 2.75) is 31.7 Å². The van der Waals surface area contributed by atoms with Crippen LogP contribution in [-0.4, -0.2) is 36.9 Å². The molecule has 134 valence electrons. The normalized spacial score (nSPS) is 20.2. The zero-order valence-electron chi connectivity index (χ0n) is 14.0. The minimum Gasteiger partial charge on any atom is -0.481 e. The Kier molecular flexibility index (Phi) is 4.24. The van der Waals surface area contributed by atoms with Gasteiger partial charge in [-0.25, -0.2) is 4.39 Å². The van der Waals surface area contributed by atoms with E-state index in [0.717, 1.165) is 12.8 Å². The maximum absolute atomic E-state index is 14.1. The molecule has 0 radical (unpaired) electrons. The lowest BCUT2D eigenvalue weighted by molar-refractivity contribution is -0.142. The molecule has 1 aliphatic carbocycles. The number of rotatable bonds is 4. The summed E-state index contributed by atoms with van der Waals surface area (Å²) in [5.41, 5.74) is 0.842. The minimum atomic E-state index is -0.749. The molecule has 1 aliphatic rings. The molecule has 2 unspecified atom stereocenters. The second-order valence-corrected chi connectivity index (χ2v) is 6.54. The molecule has 1 fully saturated rings. The summed E-state index contributed by atoms with van der Waals surface area (Å²) in [6.45, 7) is 0. The number of nitrogens with one attached hydrogen (secondary N) is 1. The Labute approximate surface area is 148 Å². The number of anilines is 1. The molecule has 0 bridgehead atoms. The number of carboxylic acid groups (broad SMARTS) is 1. The van der Waals surface area contributed by atoms with Crippen LogP contribution >= 0.6 is 0 Å². The molecule has 2 atom stereocenters. The van der Waals surface area contributed by atoms with E-state index in [1.807, 2.05) is 0 Å². The lowest BCUT2D eigenvalue weighted by Crippen LogP contribution is -2.31. The molecule has 2 aromatic heterocycles. The van der Waals surface area contributed by atoms with Gasteiger partial charge in [0.05, 0.1) is 11.5 Å². The highest BCUT2D eigenvalue weighted by atomic mass is 19.1. The van der Waals surface area contributed by atoms with Gasteiger partial charge in [-0.05, 0) is 43.5 Å². The molecule has 7 nitrogen and oxygen atoms in total. The highest BCUT2D eigenvalue weighted by Gasteiger charge is 2.27. The van der Waals surface area contributed by atoms with Crippen molar-refractivity contribution in [2.75, 3.05) is 5.32 Å². The van der Waals surface area contributed by atoms with E-state index in [4.69, 9.17) is 0 Å². The largest absolute Gasteiger partial charge is 0.481 e. The van der Waals surface area contributed by atoms with Gasteiger partial charge in [0.2, 0.25) is 0 Å². The molecule has 8 heteroatoms. The van der Waals surface area contributed by atoms with Crippen LogP contribution in [0.25, 0.3) is 17.0 Å². The fourth-order valence-corrected chi connectivity index (χ4v) is 3.43. The van der Waals surface area contributed by atoms with Crippen molar-refractivity contribution in [3.63, 3.8) is 0 Å². The number of nitrogens with zero attached hydrogens (tertiary/aromatic N) is 4. The van der Waals surface area contributed by atoms with Gasteiger partial charge in [-0.2, -0.15) is 4.52 Å². The fourth-order valence-electron chi connectivity index (χ4n) is 3.43. The second-order valence-electron chi connectivity index (χ2n) is 6.54. The number of benzene rings is 1. The third-order valence-electron chi connectivity index (χ3n) is 4.75. The van der Waals surface area contributed by atoms with E-state index in [9.17, 15) is 14.3 Å². The van der Waals surface area contributed by atoms with E-state index in [2.05, 4.69) is 20.6 Å². The van der Waals surface area contributed by atoms with Crippen LogP contribution in [0.1, 0.15) is 25.7 Å². The van der Waals surface area contributed by atoms with Crippen LogP contribution in [-0.2, 0) is 4.79 Å². The Morgan fingerprint density at radius 2 is 2.04 bits per heavy atom. The van der Waals surface area contributed by atoms with Gasteiger partial charge in [0, 0.05) is 6.04 Å². The van der Waals surface area contributed by atoms with Crippen molar-refractivity contribution in [1.82, 2.24) is 19.8 Å². The number of aromatic nitrogens is 4. The molecule has 1 aromatic carbocycles. The van der Waals surface area contributed by atoms with E-state index < -0.39 is 11.8 Å². The zero-order valence-corrected chi connectivity index (χ0v) is 14.0. The van der Waals surface area contributed by atoms with Gasteiger partial charge in [0.25, 0.3) is 0 Å². The molecule has 0 saturated heterocycles. The summed E-state index contributed by atoms with van der Waals surface area (Å²) in [5.74, 6) is -0.548. The van der Waals surface area contributed by atoms with Gasteiger partial charge < -0.3 is 10.4 Å². The quantitative estimate of drug-likeness (QED) is 0.747. The standard InChI is InChI=1S/C18H18FN5O2/c19-14-7-2-1-6-13(14)17-22-21-16-9-8-15(23-24(16)17)20-12-5-3-4-11(10-12)18(25)26/h1-2,6-9,11-12H,3-5,10H2,(H,20,23)(H,25,26). The summed E-state index contributed by atoms with van der Waals surface area (Å²) in [7, 11) is 0. The summed E-state index contributed by atoms with van der Waals surface area (Å²) in [6, 6.07) is 9.92. The number of carboxylic acids is 1. The first-order valence-corrected chi connectivity index (χ1v) is 8.58. The lowest BCUT2D eigenvalue weighted by Gasteiger charge is -2.27. The van der Waals surface area contributed by atoms with Crippen molar-refractivity contribution in [3.05, 3.63) is 42.2 Å². The third kappa shape index (κ3) is 3.10. The number of fused-ring (bicyclic) bond motifs is 1. The molecule has 1 saturated carbocycles. The van der Waals surface area contributed by atoms with Crippen molar-refractivity contribution in [1.29, 1.82) is 0 Å². The Morgan fingerprint density at radius 1 is 1.19 bits per heavy atom. The van der Waals surface area contributed by atoms with Crippen molar-refractivity contribution < 1.29 is 14.3 Å². The van der Waals surface area contributed by atoms with E-state index in [0.29, 0.717) is 35.7 Å². The van der Waals surface area contributed by atoms with Crippen LogP contribution < -0.4 is 5.32 Å². The third-order valence-corrected chi connectivity index (χ3v) is 4.75. The van der Waals surface area contributed by atoms with E-state index in [1.165, 1.54) is 10.6 Å². The summed E-state index contributed by atoms with van der Waals surface area (Å²) in [4.78, 5) is 11.2. The molecule has 4 rings (SSSR count). The molecule has 0 spiro atoms. The molecular weight excluding hydrogens is 337 g/mol. The Balaban J connectivity index is 1.62. The Morgan fingerprint density at radius 3 is 2.85 bits per heavy atom. The molecule has 3 aromatic rings. The predicted molar refractivity (Wildman–Crippen MR) is 93.2 cm³/mol. The van der Waals surface area contributed by atoms with Gasteiger partial charge in [0.15, 0.2) is 11.5 Å². The first-order chi connectivity index (χ1) is 12.6. The molecule has 2 heterocycles. The number of aliphatic carboxylic acids is 1. The molecule has 0 aliphatic heterocycles. The maximum Gasteiger partial charge on any atom is 0.306 e. The average Bonchev–Trinajstić information content (AvgIpc) is 3.05. The minimum absolute atomic E-state index is 0.0446. The SMILES string of the molecule is O=C(O)C1CCCC(Nc2ccc3nnc(-c4ccccc4F)n3n2)C1. The van der Waals surface area contributed by atoms with Gasteiger partial charge in [-0.15, -0.1) is 15.3 Å². The monoisotopic (exact) mass is 355 g/mol. The smallest absolute Gasteiger partial charge is 0.306 e. The Bertz CT molecular complexity index is 958. The first-order valence-electron chi connectivity index (χ1n) is 8.58. The number of carbonyl (C=O) groups is 1.